The Labute approximate surface area is 112 Å². The van der Waals surface area contributed by atoms with Crippen LogP contribution in [0.3, 0.4) is 0 Å². The summed E-state index contributed by atoms with van der Waals surface area (Å²) in [4.78, 5) is 12.2. The molecular formula is C15H17FN2O. The van der Waals surface area contributed by atoms with Gasteiger partial charge in [-0.15, -0.1) is 0 Å². The molecule has 0 radical (unpaired) electrons. The van der Waals surface area contributed by atoms with Crippen LogP contribution in [0.15, 0.2) is 24.3 Å². The summed E-state index contributed by atoms with van der Waals surface area (Å²) < 4.78 is 14.8. The Bertz CT molecular complexity index is 617. The van der Waals surface area contributed by atoms with Gasteiger partial charge in [0.2, 0.25) is 0 Å². The monoisotopic (exact) mass is 260 g/mol. The highest BCUT2D eigenvalue weighted by Gasteiger charge is 2.14. The molecule has 2 rings (SSSR count). The Hall–Kier alpha value is -1.97. The van der Waals surface area contributed by atoms with Crippen LogP contribution < -0.4 is 0 Å². The SMILES string of the molecule is CCc1cc(C(=O)Cc2cc(F)ccc2C)n(C)n1. The van der Waals surface area contributed by atoms with Gasteiger partial charge >= 0.3 is 0 Å². The van der Waals surface area contributed by atoms with E-state index >= 15 is 0 Å². The second-order valence-corrected chi connectivity index (χ2v) is 4.67. The normalized spacial score (nSPS) is 10.7. The third kappa shape index (κ3) is 2.89. The van der Waals surface area contributed by atoms with E-state index in [0.29, 0.717) is 5.69 Å². The van der Waals surface area contributed by atoms with Crippen molar-refractivity contribution >= 4 is 5.78 Å². The van der Waals surface area contributed by atoms with Gasteiger partial charge in [0, 0.05) is 13.5 Å². The van der Waals surface area contributed by atoms with Gasteiger partial charge in [-0.2, -0.15) is 5.10 Å². The summed E-state index contributed by atoms with van der Waals surface area (Å²) in [6.45, 7) is 3.87. The van der Waals surface area contributed by atoms with E-state index in [-0.39, 0.29) is 18.0 Å². The minimum Gasteiger partial charge on any atom is -0.292 e. The molecule has 0 spiro atoms. The largest absolute Gasteiger partial charge is 0.292 e. The predicted octanol–water partition coefficient (Wildman–Crippen LogP) is 2.86. The van der Waals surface area contributed by atoms with Crippen LogP contribution in [0.5, 0.6) is 0 Å². The maximum atomic E-state index is 13.2. The first kappa shape index (κ1) is 13.5. The van der Waals surface area contributed by atoms with Gasteiger partial charge < -0.3 is 0 Å². The van der Waals surface area contributed by atoms with Crippen molar-refractivity contribution in [2.24, 2.45) is 7.05 Å². The van der Waals surface area contributed by atoms with Crippen LogP contribution in [0.1, 0.15) is 34.2 Å². The Morgan fingerprint density at radius 3 is 2.74 bits per heavy atom. The predicted molar refractivity (Wildman–Crippen MR) is 71.8 cm³/mol. The minimum absolute atomic E-state index is 0.0385. The van der Waals surface area contributed by atoms with Crippen LogP contribution in [-0.4, -0.2) is 15.6 Å². The van der Waals surface area contributed by atoms with E-state index in [4.69, 9.17) is 0 Å². The Balaban J connectivity index is 2.25. The molecule has 0 aliphatic rings. The Morgan fingerprint density at radius 1 is 1.37 bits per heavy atom. The molecule has 2 aromatic rings. The second kappa shape index (κ2) is 5.34. The average molecular weight is 260 g/mol. The summed E-state index contributed by atoms with van der Waals surface area (Å²) in [7, 11) is 1.75. The lowest BCUT2D eigenvalue weighted by Crippen LogP contribution is -2.10. The van der Waals surface area contributed by atoms with Crippen LogP contribution in [0.4, 0.5) is 4.39 Å². The van der Waals surface area contributed by atoms with Crippen molar-refractivity contribution in [1.82, 2.24) is 9.78 Å². The number of benzene rings is 1. The van der Waals surface area contributed by atoms with Crippen molar-refractivity contribution in [3.05, 3.63) is 52.6 Å². The first-order valence-electron chi connectivity index (χ1n) is 6.32. The molecule has 0 fully saturated rings. The summed E-state index contributed by atoms with van der Waals surface area (Å²) in [6, 6.07) is 6.32. The third-order valence-electron chi connectivity index (χ3n) is 3.24. The number of ketones is 1. The summed E-state index contributed by atoms with van der Waals surface area (Å²) in [5.74, 6) is -0.351. The van der Waals surface area contributed by atoms with Gasteiger partial charge in [-0.1, -0.05) is 13.0 Å². The van der Waals surface area contributed by atoms with E-state index in [1.54, 1.807) is 23.9 Å². The number of Topliss-reactive ketones (excluding diaryl/α,β-unsaturated/α-hetero) is 1. The zero-order valence-electron chi connectivity index (χ0n) is 11.4. The van der Waals surface area contributed by atoms with Crippen LogP contribution in [-0.2, 0) is 19.9 Å². The number of hydrogen-bond donors (Lipinski definition) is 0. The topological polar surface area (TPSA) is 34.9 Å². The van der Waals surface area contributed by atoms with Crippen molar-refractivity contribution in [3.8, 4) is 0 Å². The molecule has 100 valence electrons. The fourth-order valence-electron chi connectivity index (χ4n) is 2.05. The highest BCUT2D eigenvalue weighted by atomic mass is 19.1. The van der Waals surface area contributed by atoms with Crippen LogP contribution in [0, 0.1) is 12.7 Å². The molecular weight excluding hydrogens is 243 g/mol. The molecule has 3 nitrogen and oxygen atoms in total. The zero-order valence-corrected chi connectivity index (χ0v) is 11.4. The summed E-state index contributed by atoms with van der Waals surface area (Å²) in [5, 5.41) is 4.25. The number of carbonyl (C=O) groups excluding carboxylic acids is 1. The number of nitrogens with zero attached hydrogens (tertiary/aromatic N) is 2. The van der Waals surface area contributed by atoms with Gasteiger partial charge in [0.1, 0.15) is 11.5 Å². The molecule has 0 N–H and O–H groups in total. The van der Waals surface area contributed by atoms with Gasteiger partial charge in [-0.25, -0.2) is 4.39 Å². The lowest BCUT2D eigenvalue weighted by Gasteiger charge is -2.05. The highest BCUT2D eigenvalue weighted by molar-refractivity contribution is 5.96. The fourth-order valence-corrected chi connectivity index (χ4v) is 2.05. The molecule has 0 saturated heterocycles. The summed E-state index contributed by atoms with van der Waals surface area (Å²) >= 11 is 0. The molecule has 0 saturated carbocycles. The van der Waals surface area contributed by atoms with Crippen molar-refractivity contribution in [2.45, 2.75) is 26.7 Å². The van der Waals surface area contributed by atoms with Gasteiger partial charge in [-0.3, -0.25) is 9.48 Å². The van der Waals surface area contributed by atoms with Crippen LogP contribution in [0.2, 0.25) is 0 Å². The molecule has 0 aliphatic heterocycles. The van der Waals surface area contributed by atoms with E-state index in [0.717, 1.165) is 23.2 Å². The highest BCUT2D eigenvalue weighted by Crippen LogP contribution is 2.14. The Morgan fingerprint density at radius 2 is 2.11 bits per heavy atom. The van der Waals surface area contributed by atoms with Gasteiger partial charge in [0.05, 0.1) is 5.69 Å². The van der Waals surface area contributed by atoms with Gasteiger partial charge in [-0.05, 0) is 42.7 Å². The van der Waals surface area contributed by atoms with Crippen LogP contribution in [0.25, 0.3) is 0 Å². The lowest BCUT2D eigenvalue weighted by molar-refractivity contribution is 0.0983. The second-order valence-electron chi connectivity index (χ2n) is 4.67. The van der Waals surface area contributed by atoms with Crippen molar-refractivity contribution in [1.29, 1.82) is 0 Å². The number of halogens is 1. The van der Waals surface area contributed by atoms with E-state index in [9.17, 15) is 9.18 Å². The fraction of sp³-hybridized carbons (Fsp3) is 0.333. The molecule has 1 aromatic heterocycles. The standard InChI is InChI=1S/C15H17FN2O/c1-4-13-9-14(18(3)17-13)15(19)8-11-7-12(16)6-5-10(11)2/h5-7,9H,4,8H2,1-3H3. The zero-order chi connectivity index (χ0) is 14.0. The molecule has 0 aliphatic carbocycles. The average Bonchev–Trinajstić information content (AvgIpc) is 2.75. The first-order valence-corrected chi connectivity index (χ1v) is 6.32. The van der Waals surface area contributed by atoms with Gasteiger partial charge in [0.15, 0.2) is 5.78 Å². The van der Waals surface area contributed by atoms with E-state index in [1.165, 1.54) is 12.1 Å². The molecule has 0 unspecified atom stereocenters. The van der Waals surface area contributed by atoms with E-state index < -0.39 is 0 Å². The number of carbonyl (C=O) groups is 1. The van der Waals surface area contributed by atoms with Gasteiger partial charge in [0.25, 0.3) is 0 Å². The first-order chi connectivity index (χ1) is 9.01. The quantitative estimate of drug-likeness (QED) is 0.792. The van der Waals surface area contributed by atoms with Crippen molar-refractivity contribution in [3.63, 3.8) is 0 Å². The molecule has 1 aromatic carbocycles. The molecule has 0 atom stereocenters. The number of aromatic nitrogens is 2. The van der Waals surface area contributed by atoms with Crippen LogP contribution >= 0.6 is 0 Å². The maximum absolute atomic E-state index is 13.2. The third-order valence-corrected chi connectivity index (χ3v) is 3.24. The lowest BCUT2D eigenvalue weighted by atomic mass is 10.0. The number of aryl methyl sites for hydroxylation is 3. The molecule has 0 bridgehead atoms. The van der Waals surface area contributed by atoms with E-state index in [1.807, 2.05) is 13.8 Å². The minimum atomic E-state index is -0.312. The number of rotatable bonds is 4. The smallest absolute Gasteiger partial charge is 0.185 e. The molecule has 19 heavy (non-hydrogen) atoms. The maximum Gasteiger partial charge on any atom is 0.185 e. The van der Waals surface area contributed by atoms with Crippen molar-refractivity contribution < 1.29 is 9.18 Å². The number of hydrogen-bond acceptors (Lipinski definition) is 2. The summed E-state index contributed by atoms with van der Waals surface area (Å²) in [5.41, 5.74) is 3.11. The van der Waals surface area contributed by atoms with Crippen molar-refractivity contribution in [2.75, 3.05) is 0 Å². The summed E-state index contributed by atoms with van der Waals surface area (Å²) in [6.07, 6.45) is 0.992. The molecule has 0 amide bonds. The molecule has 4 heteroatoms. The van der Waals surface area contributed by atoms with E-state index in [2.05, 4.69) is 5.10 Å². The Kier molecular flexibility index (Phi) is 3.79. The molecule has 1 heterocycles.